The molecule has 0 amide bonds. The van der Waals surface area contributed by atoms with Crippen LogP contribution in [0.25, 0.3) is 0 Å². The average Bonchev–Trinajstić information content (AvgIpc) is 2.37. The topological polar surface area (TPSA) is 40.5 Å². The van der Waals surface area contributed by atoms with E-state index in [0.717, 1.165) is 12.8 Å². The van der Waals surface area contributed by atoms with Crippen molar-refractivity contribution < 1.29 is 23.1 Å². The molecule has 1 aliphatic carbocycles. The predicted molar refractivity (Wildman–Crippen MR) is 68.3 cm³/mol. The second-order valence-electron chi connectivity index (χ2n) is 6.28. The Labute approximate surface area is 117 Å². The average molecular weight is 293 g/mol. The number of carbonyl (C=O) groups is 1. The van der Waals surface area contributed by atoms with E-state index in [1.807, 2.05) is 4.90 Å². The molecule has 1 aliphatic heterocycles. The minimum absolute atomic E-state index is 0.0922. The van der Waals surface area contributed by atoms with Gasteiger partial charge in [0, 0.05) is 6.04 Å². The van der Waals surface area contributed by atoms with E-state index in [1.165, 1.54) is 0 Å². The highest BCUT2D eigenvalue weighted by molar-refractivity contribution is 5.71. The van der Waals surface area contributed by atoms with Crippen molar-refractivity contribution in [2.75, 3.05) is 13.1 Å². The maximum Gasteiger partial charge on any atom is 0.391 e. The Balaban J connectivity index is 1.98. The maximum atomic E-state index is 12.7. The van der Waals surface area contributed by atoms with Gasteiger partial charge in [0.2, 0.25) is 0 Å². The van der Waals surface area contributed by atoms with E-state index >= 15 is 0 Å². The lowest BCUT2D eigenvalue weighted by molar-refractivity contribution is -0.188. The fourth-order valence-corrected chi connectivity index (χ4v) is 3.60. The third kappa shape index (κ3) is 3.45. The molecule has 3 nitrogen and oxygen atoms in total. The highest BCUT2D eigenvalue weighted by atomic mass is 19.4. The van der Waals surface area contributed by atoms with Crippen LogP contribution in [0.15, 0.2) is 0 Å². The molecule has 3 unspecified atom stereocenters. The number of alkyl halides is 3. The zero-order chi connectivity index (χ0) is 14.9. The molecule has 1 heterocycles. The number of hydrogen-bond acceptors (Lipinski definition) is 2. The number of carboxylic acids is 1. The van der Waals surface area contributed by atoms with E-state index < -0.39 is 24.0 Å². The molecule has 0 bridgehead atoms. The molecule has 2 aliphatic rings. The van der Waals surface area contributed by atoms with Crippen molar-refractivity contribution >= 4 is 5.97 Å². The Morgan fingerprint density at radius 2 is 1.75 bits per heavy atom. The standard InChI is InChI=1S/C14H22F3NO2/c1-9-2-3-11(13(19)20)12(8-9)18-6-4-10(5-7-18)14(15,16)17/h9-12H,2-8H2,1H3,(H,19,20). The first kappa shape index (κ1) is 15.6. The van der Waals surface area contributed by atoms with Gasteiger partial charge < -0.3 is 5.11 Å². The van der Waals surface area contributed by atoms with Crippen LogP contribution < -0.4 is 0 Å². The molecular weight excluding hydrogens is 271 g/mol. The molecule has 2 fully saturated rings. The van der Waals surface area contributed by atoms with Crippen molar-refractivity contribution in [3.8, 4) is 0 Å². The molecule has 0 aromatic rings. The van der Waals surface area contributed by atoms with Gasteiger partial charge in [-0.15, -0.1) is 0 Å². The Bertz CT molecular complexity index is 351. The first-order chi connectivity index (χ1) is 9.29. The number of halogens is 3. The highest BCUT2D eigenvalue weighted by Crippen LogP contribution is 2.38. The highest BCUT2D eigenvalue weighted by Gasteiger charge is 2.44. The summed E-state index contributed by atoms with van der Waals surface area (Å²) in [5.74, 6) is -1.99. The van der Waals surface area contributed by atoms with Crippen LogP contribution >= 0.6 is 0 Å². The smallest absolute Gasteiger partial charge is 0.391 e. The van der Waals surface area contributed by atoms with Gasteiger partial charge in [-0.2, -0.15) is 13.2 Å². The molecule has 20 heavy (non-hydrogen) atoms. The van der Waals surface area contributed by atoms with Gasteiger partial charge in [-0.1, -0.05) is 6.92 Å². The van der Waals surface area contributed by atoms with E-state index in [9.17, 15) is 23.1 Å². The lowest BCUT2D eigenvalue weighted by Crippen LogP contribution is -2.51. The van der Waals surface area contributed by atoms with E-state index in [2.05, 4.69) is 6.92 Å². The van der Waals surface area contributed by atoms with Crippen LogP contribution in [0, 0.1) is 17.8 Å². The summed E-state index contributed by atoms with van der Waals surface area (Å²) in [6, 6.07) is -0.0922. The van der Waals surface area contributed by atoms with Gasteiger partial charge in [0.1, 0.15) is 0 Å². The first-order valence-corrected chi connectivity index (χ1v) is 7.32. The van der Waals surface area contributed by atoms with Crippen LogP contribution in [0.1, 0.15) is 39.0 Å². The van der Waals surface area contributed by atoms with Crippen molar-refractivity contribution in [3.05, 3.63) is 0 Å². The van der Waals surface area contributed by atoms with Crippen LogP contribution in [-0.4, -0.2) is 41.3 Å². The lowest BCUT2D eigenvalue weighted by atomic mass is 9.77. The molecule has 0 spiro atoms. The van der Waals surface area contributed by atoms with Gasteiger partial charge in [0.15, 0.2) is 0 Å². The molecule has 0 aromatic carbocycles. The van der Waals surface area contributed by atoms with Crippen molar-refractivity contribution in [1.82, 2.24) is 4.90 Å². The van der Waals surface area contributed by atoms with Gasteiger partial charge in [-0.3, -0.25) is 9.69 Å². The van der Waals surface area contributed by atoms with E-state index in [1.54, 1.807) is 0 Å². The predicted octanol–water partition coefficient (Wildman–Crippen LogP) is 3.15. The van der Waals surface area contributed by atoms with E-state index in [-0.39, 0.29) is 18.9 Å². The number of carboxylic acid groups (broad SMARTS) is 1. The summed E-state index contributed by atoms with van der Waals surface area (Å²) < 4.78 is 38.0. The Morgan fingerprint density at radius 3 is 2.25 bits per heavy atom. The van der Waals surface area contributed by atoms with Gasteiger partial charge in [-0.05, 0) is 51.1 Å². The monoisotopic (exact) mass is 293 g/mol. The molecule has 6 heteroatoms. The van der Waals surface area contributed by atoms with Gasteiger partial charge in [0.25, 0.3) is 0 Å². The summed E-state index contributed by atoms with van der Waals surface area (Å²) in [5.41, 5.74) is 0. The number of rotatable bonds is 2. The van der Waals surface area contributed by atoms with Crippen LogP contribution in [0.2, 0.25) is 0 Å². The zero-order valence-electron chi connectivity index (χ0n) is 11.7. The van der Waals surface area contributed by atoms with Crippen LogP contribution in [0.5, 0.6) is 0 Å². The quantitative estimate of drug-likeness (QED) is 0.850. The molecule has 2 rings (SSSR count). The summed E-state index contributed by atoms with van der Waals surface area (Å²) in [5, 5.41) is 9.30. The van der Waals surface area contributed by atoms with Crippen LogP contribution in [-0.2, 0) is 4.79 Å². The minimum atomic E-state index is -4.11. The second kappa shape index (κ2) is 5.92. The fraction of sp³-hybridized carbons (Fsp3) is 0.929. The van der Waals surface area contributed by atoms with Crippen molar-refractivity contribution in [2.45, 2.75) is 51.2 Å². The van der Waals surface area contributed by atoms with Gasteiger partial charge >= 0.3 is 12.1 Å². The molecule has 116 valence electrons. The maximum absolute atomic E-state index is 12.7. The summed E-state index contributed by atoms with van der Waals surface area (Å²) in [4.78, 5) is 13.3. The first-order valence-electron chi connectivity index (χ1n) is 7.32. The lowest BCUT2D eigenvalue weighted by Gasteiger charge is -2.43. The Morgan fingerprint density at radius 1 is 1.15 bits per heavy atom. The van der Waals surface area contributed by atoms with E-state index in [0.29, 0.717) is 25.4 Å². The number of piperidine rings is 1. The third-order valence-corrected chi connectivity index (χ3v) is 4.86. The third-order valence-electron chi connectivity index (χ3n) is 4.86. The van der Waals surface area contributed by atoms with Crippen LogP contribution in [0.4, 0.5) is 13.2 Å². The largest absolute Gasteiger partial charge is 0.481 e. The van der Waals surface area contributed by atoms with Crippen molar-refractivity contribution in [2.24, 2.45) is 17.8 Å². The van der Waals surface area contributed by atoms with Crippen LogP contribution in [0.3, 0.4) is 0 Å². The minimum Gasteiger partial charge on any atom is -0.481 e. The SMILES string of the molecule is CC1CCC(C(=O)O)C(N2CCC(C(F)(F)F)CC2)C1. The van der Waals surface area contributed by atoms with E-state index in [4.69, 9.17) is 0 Å². The summed E-state index contributed by atoms with van der Waals surface area (Å²) >= 11 is 0. The molecule has 1 saturated heterocycles. The normalized spacial score (nSPS) is 34.1. The van der Waals surface area contributed by atoms with Gasteiger partial charge in [-0.25, -0.2) is 0 Å². The molecule has 0 aromatic heterocycles. The zero-order valence-corrected chi connectivity index (χ0v) is 11.7. The Kier molecular flexibility index (Phi) is 4.62. The number of likely N-dealkylation sites (tertiary alicyclic amines) is 1. The van der Waals surface area contributed by atoms with Crippen molar-refractivity contribution in [1.29, 1.82) is 0 Å². The van der Waals surface area contributed by atoms with Crippen molar-refractivity contribution in [3.63, 3.8) is 0 Å². The second-order valence-corrected chi connectivity index (χ2v) is 6.28. The molecular formula is C14H22F3NO2. The summed E-state index contributed by atoms with van der Waals surface area (Å²) in [6.45, 7) is 2.82. The summed E-state index contributed by atoms with van der Waals surface area (Å²) in [7, 11) is 0. The Hall–Kier alpha value is -0.780. The summed E-state index contributed by atoms with van der Waals surface area (Å²) in [6.07, 6.45) is -1.60. The van der Waals surface area contributed by atoms with Gasteiger partial charge in [0.05, 0.1) is 11.8 Å². The fourth-order valence-electron chi connectivity index (χ4n) is 3.60. The number of aliphatic carboxylic acids is 1. The molecule has 0 radical (unpaired) electrons. The number of nitrogens with zero attached hydrogens (tertiary/aromatic N) is 1. The molecule has 1 N–H and O–H groups in total. The number of hydrogen-bond donors (Lipinski definition) is 1. The molecule has 1 saturated carbocycles. The molecule has 3 atom stereocenters.